The second kappa shape index (κ2) is 11.0. The van der Waals surface area contributed by atoms with Gasteiger partial charge in [-0.3, -0.25) is 19.0 Å². The number of benzene rings is 1. The molecule has 2 amide bonds. The number of thiazole rings is 1. The molecule has 1 atom stereocenters. The fourth-order valence-corrected chi connectivity index (χ4v) is 5.38. The fourth-order valence-electron chi connectivity index (χ4n) is 4.38. The standard InChI is InChI=1S/C25H32N6O3S/c1-4-11-26-23(33)18-10-7-12-30(13-18)25-29-22-21(35-25)24(34)31(15-27-22)14-19(32)28-20-16(3)8-6-9-17(20)5-2/h6,8-9,15,18H,4-5,7,10-14H2,1-3H3,(H,26,33)(H,28,32). The summed E-state index contributed by atoms with van der Waals surface area (Å²) in [6.07, 6.45) is 4.81. The Kier molecular flexibility index (Phi) is 7.80. The second-order valence-electron chi connectivity index (χ2n) is 8.91. The van der Waals surface area contributed by atoms with Crippen molar-refractivity contribution in [2.24, 2.45) is 5.92 Å². The molecule has 1 fully saturated rings. The van der Waals surface area contributed by atoms with Crippen molar-refractivity contribution >= 4 is 44.3 Å². The molecule has 2 N–H and O–H groups in total. The molecule has 10 heteroatoms. The highest BCUT2D eigenvalue weighted by atomic mass is 32.1. The molecule has 9 nitrogen and oxygen atoms in total. The summed E-state index contributed by atoms with van der Waals surface area (Å²) in [5.74, 6) is -0.298. The van der Waals surface area contributed by atoms with Crippen molar-refractivity contribution in [1.29, 1.82) is 0 Å². The van der Waals surface area contributed by atoms with E-state index in [2.05, 4.69) is 25.5 Å². The Morgan fingerprint density at radius 3 is 2.86 bits per heavy atom. The Morgan fingerprint density at radius 1 is 1.26 bits per heavy atom. The average molecular weight is 497 g/mol. The van der Waals surface area contributed by atoms with E-state index >= 15 is 0 Å². The molecular weight excluding hydrogens is 464 g/mol. The van der Waals surface area contributed by atoms with Gasteiger partial charge in [-0.1, -0.05) is 43.4 Å². The topological polar surface area (TPSA) is 109 Å². The van der Waals surface area contributed by atoms with Crippen LogP contribution in [0.3, 0.4) is 0 Å². The summed E-state index contributed by atoms with van der Waals surface area (Å²) in [5, 5.41) is 6.62. The van der Waals surface area contributed by atoms with Crippen LogP contribution in [-0.2, 0) is 22.6 Å². The summed E-state index contributed by atoms with van der Waals surface area (Å²) in [7, 11) is 0. The van der Waals surface area contributed by atoms with E-state index < -0.39 is 0 Å². The Balaban J connectivity index is 1.50. The predicted molar refractivity (Wildman–Crippen MR) is 139 cm³/mol. The zero-order valence-electron chi connectivity index (χ0n) is 20.5. The number of carbonyl (C=O) groups excluding carboxylic acids is 2. The zero-order valence-corrected chi connectivity index (χ0v) is 21.3. The maximum atomic E-state index is 13.1. The number of fused-ring (bicyclic) bond motifs is 1. The normalized spacial score (nSPS) is 15.9. The van der Waals surface area contributed by atoms with Crippen molar-refractivity contribution in [3.63, 3.8) is 0 Å². The molecule has 1 aliphatic rings. The Hall–Kier alpha value is -3.27. The maximum Gasteiger partial charge on any atom is 0.273 e. The van der Waals surface area contributed by atoms with Crippen LogP contribution in [0.2, 0.25) is 0 Å². The van der Waals surface area contributed by atoms with Gasteiger partial charge in [0.2, 0.25) is 11.8 Å². The lowest BCUT2D eigenvalue weighted by molar-refractivity contribution is -0.125. The summed E-state index contributed by atoms with van der Waals surface area (Å²) >= 11 is 1.27. The first-order chi connectivity index (χ1) is 16.9. The van der Waals surface area contributed by atoms with Crippen molar-refractivity contribution < 1.29 is 9.59 Å². The lowest BCUT2D eigenvalue weighted by atomic mass is 9.97. The monoisotopic (exact) mass is 496 g/mol. The van der Waals surface area contributed by atoms with E-state index in [1.54, 1.807) is 0 Å². The third kappa shape index (κ3) is 5.53. The SMILES string of the molecule is CCCNC(=O)C1CCCN(c2nc3ncn(CC(=O)Nc4c(C)cccc4CC)c(=O)c3s2)C1. The number of nitrogens with one attached hydrogen (secondary N) is 2. The van der Waals surface area contributed by atoms with Gasteiger partial charge in [-0.15, -0.1) is 0 Å². The average Bonchev–Trinajstić information content (AvgIpc) is 3.31. The molecule has 1 unspecified atom stereocenters. The smallest absolute Gasteiger partial charge is 0.273 e. The van der Waals surface area contributed by atoms with E-state index in [9.17, 15) is 14.4 Å². The van der Waals surface area contributed by atoms with Crippen LogP contribution in [0.25, 0.3) is 10.3 Å². The van der Waals surface area contributed by atoms with Gasteiger partial charge in [0.1, 0.15) is 17.6 Å². The van der Waals surface area contributed by atoms with E-state index in [-0.39, 0.29) is 29.8 Å². The van der Waals surface area contributed by atoms with Crippen molar-refractivity contribution in [3.05, 3.63) is 46.0 Å². The molecule has 186 valence electrons. The number of amides is 2. The van der Waals surface area contributed by atoms with Crippen LogP contribution in [0.5, 0.6) is 0 Å². The van der Waals surface area contributed by atoms with Crippen molar-refractivity contribution in [2.45, 2.75) is 53.0 Å². The molecule has 1 saturated heterocycles. The molecule has 4 rings (SSSR count). The van der Waals surface area contributed by atoms with Crippen molar-refractivity contribution in [3.8, 4) is 0 Å². The molecule has 0 saturated carbocycles. The van der Waals surface area contributed by atoms with Crippen LogP contribution in [0.1, 0.15) is 44.2 Å². The molecule has 1 aliphatic heterocycles. The highest BCUT2D eigenvalue weighted by Crippen LogP contribution is 2.29. The number of carbonyl (C=O) groups is 2. The Bertz CT molecular complexity index is 1280. The molecule has 0 bridgehead atoms. The summed E-state index contributed by atoms with van der Waals surface area (Å²) in [5.41, 5.74) is 2.91. The van der Waals surface area contributed by atoms with Crippen LogP contribution in [0.4, 0.5) is 10.8 Å². The first-order valence-electron chi connectivity index (χ1n) is 12.2. The highest BCUT2D eigenvalue weighted by molar-refractivity contribution is 7.22. The van der Waals surface area contributed by atoms with Gasteiger partial charge in [0.05, 0.1) is 5.92 Å². The third-order valence-corrected chi connectivity index (χ3v) is 7.40. The lowest BCUT2D eigenvalue weighted by Crippen LogP contribution is -2.43. The van der Waals surface area contributed by atoms with E-state index in [0.717, 1.165) is 49.0 Å². The molecule has 3 aromatic rings. The van der Waals surface area contributed by atoms with Crippen LogP contribution < -0.4 is 21.1 Å². The summed E-state index contributed by atoms with van der Waals surface area (Å²) in [6, 6.07) is 5.90. The van der Waals surface area contributed by atoms with Gasteiger partial charge in [-0.05, 0) is 43.7 Å². The number of aromatic nitrogens is 3. The largest absolute Gasteiger partial charge is 0.356 e. The predicted octanol–water partition coefficient (Wildman–Crippen LogP) is 3.11. The number of rotatable bonds is 8. The van der Waals surface area contributed by atoms with Crippen LogP contribution in [0.15, 0.2) is 29.3 Å². The fraction of sp³-hybridized carbons (Fsp3) is 0.480. The van der Waals surface area contributed by atoms with Crippen LogP contribution in [-0.4, -0.2) is 46.0 Å². The minimum absolute atomic E-state index is 0.0732. The minimum Gasteiger partial charge on any atom is -0.356 e. The van der Waals surface area contributed by atoms with Crippen molar-refractivity contribution in [2.75, 3.05) is 29.9 Å². The summed E-state index contributed by atoms with van der Waals surface area (Å²) in [6.45, 7) is 7.92. The molecular formula is C25H32N6O3S. The number of nitrogens with zero attached hydrogens (tertiary/aromatic N) is 4. The van der Waals surface area contributed by atoms with Crippen LogP contribution >= 0.6 is 11.3 Å². The van der Waals surface area contributed by atoms with Gasteiger partial charge >= 0.3 is 0 Å². The molecule has 1 aromatic carbocycles. The number of hydrogen-bond donors (Lipinski definition) is 2. The van der Waals surface area contributed by atoms with Gasteiger partial charge in [0.15, 0.2) is 10.8 Å². The van der Waals surface area contributed by atoms with Gasteiger partial charge < -0.3 is 15.5 Å². The molecule has 0 spiro atoms. The van der Waals surface area contributed by atoms with Crippen LogP contribution in [0, 0.1) is 12.8 Å². The number of hydrogen-bond acceptors (Lipinski definition) is 7. The summed E-state index contributed by atoms with van der Waals surface area (Å²) < 4.78 is 1.73. The van der Waals surface area contributed by atoms with E-state index in [1.807, 2.05) is 39.0 Å². The van der Waals surface area contributed by atoms with E-state index in [4.69, 9.17) is 0 Å². The number of para-hydroxylation sites is 1. The van der Waals surface area contributed by atoms with E-state index in [0.29, 0.717) is 28.6 Å². The quantitative estimate of drug-likeness (QED) is 0.496. The lowest BCUT2D eigenvalue weighted by Gasteiger charge is -2.31. The van der Waals surface area contributed by atoms with Gasteiger partial charge in [0, 0.05) is 25.3 Å². The third-order valence-electron chi connectivity index (χ3n) is 6.30. The minimum atomic E-state index is -0.288. The number of piperidine rings is 1. The Morgan fingerprint density at radius 2 is 2.09 bits per heavy atom. The molecule has 0 aliphatic carbocycles. The summed E-state index contributed by atoms with van der Waals surface area (Å²) in [4.78, 5) is 49.3. The van der Waals surface area contributed by atoms with Gasteiger partial charge in [0.25, 0.3) is 5.56 Å². The first-order valence-corrected chi connectivity index (χ1v) is 13.0. The molecule has 3 heterocycles. The number of aryl methyl sites for hydroxylation is 2. The van der Waals surface area contributed by atoms with E-state index in [1.165, 1.54) is 22.2 Å². The molecule has 35 heavy (non-hydrogen) atoms. The highest BCUT2D eigenvalue weighted by Gasteiger charge is 2.28. The Labute approximate surface area is 208 Å². The molecule has 0 radical (unpaired) electrons. The molecule has 2 aromatic heterocycles. The number of anilines is 2. The van der Waals surface area contributed by atoms with Gasteiger partial charge in [-0.25, -0.2) is 4.98 Å². The zero-order chi connectivity index (χ0) is 24.9. The maximum absolute atomic E-state index is 13.1. The second-order valence-corrected chi connectivity index (χ2v) is 9.89. The van der Waals surface area contributed by atoms with Crippen molar-refractivity contribution in [1.82, 2.24) is 19.9 Å². The van der Waals surface area contributed by atoms with Gasteiger partial charge in [-0.2, -0.15) is 4.98 Å². The first kappa shape index (κ1) is 24.8.